The third kappa shape index (κ3) is 34.8. The Kier molecular flexibility index (Phi) is 30.9. The lowest BCUT2D eigenvalue weighted by atomic mass is 10.1. The minimum atomic E-state index is -4.60. The van der Waals surface area contributed by atoms with Gasteiger partial charge in [-0.25, -0.2) is 4.57 Å². The smallest absolute Gasteiger partial charge is 0.469 e. The number of hydrogen-bond acceptors (Lipinski definition) is 9. The van der Waals surface area contributed by atoms with Crippen LogP contribution in [-0.4, -0.2) is 69.9 Å². The molecular formula is C30H60NO11P. The normalized spacial score (nSPS) is 12.6. The second kappa shape index (κ2) is 30.5. The molecule has 12 nitrogen and oxygen atoms in total. The molecule has 0 spiro atoms. The van der Waals surface area contributed by atoms with Crippen LogP contribution >= 0.6 is 7.82 Å². The van der Waals surface area contributed by atoms with Crippen LogP contribution < -0.4 is 5.73 Å². The Morgan fingerprint density at radius 3 is 1.44 bits per heavy atom. The zero-order chi connectivity index (χ0) is 32.8. The fraction of sp³-hybridized carbons (Fsp3) is 0.900. The molecule has 2 atom stereocenters. The number of carbonyl (C=O) groups is 3. The first-order valence-corrected chi connectivity index (χ1v) is 17.6. The first-order valence-electron chi connectivity index (χ1n) is 16.1. The molecule has 0 aliphatic rings. The maximum absolute atomic E-state index is 11.9. The van der Waals surface area contributed by atoms with Crippen LogP contribution in [-0.2, 0) is 32.9 Å². The highest BCUT2D eigenvalue weighted by Gasteiger charge is 2.19. The van der Waals surface area contributed by atoms with Gasteiger partial charge in [-0.15, -0.1) is 0 Å². The number of aliphatic hydroxyl groups is 1. The summed E-state index contributed by atoms with van der Waals surface area (Å²) in [6.07, 6.45) is 21.5. The number of unbranched alkanes of at least 4 members (excludes halogenated alkanes) is 16. The molecular weight excluding hydrogens is 581 g/mol. The number of aliphatic carboxylic acids is 1. The van der Waals surface area contributed by atoms with E-state index < -0.39 is 32.5 Å². The molecule has 0 bridgehead atoms. The van der Waals surface area contributed by atoms with E-state index in [9.17, 15) is 24.1 Å². The van der Waals surface area contributed by atoms with Crippen molar-refractivity contribution in [1.82, 2.24) is 0 Å². The summed E-state index contributed by atoms with van der Waals surface area (Å²) in [7, 11) is -4.60. The van der Waals surface area contributed by atoms with Gasteiger partial charge in [0, 0.05) is 12.8 Å². The SMILES string of the molecule is CCCCCCCCCCCC(=O)OCC(CO)OC(=O)CCCCCCCCCCC.NC(COP(=O)(O)O)C(=O)O. The average molecular weight is 642 g/mol. The predicted molar refractivity (Wildman–Crippen MR) is 165 cm³/mol. The van der Waals surface area contributed by atoms with Crippen LogP contribution in [0.2, 0.25) is 0 Å². The quantitative estimate of drug-likeness (QED) is 0.0392. The number of phosphoric acid groups is 1. The minimum Gasteiger partial charge on any atom is -0.480 e. The van der Waals surface area contributed by atoms with Crippen LogP contribution in [0.25, 0.3) is 0 Å². The molecule has 0 saturated carbocycles. The molecule has 256 valence electrons. The summed E-state index contributed by atoms with van der Waals surface area (Å²) in [6, 6.07) is -1.41. The van der Waals surface area contributed by atoms with Gasteiger partial charge in [-0.1, -0.05) is 117 Å². The molecule has 43 heavy (non-hydrogen) atoms. The first kappa shape index (κ1) is 43.6. The number of aliphatic hydroxyl groups excluding tert-OH is 1. The van der Waals surface area contributed by atoms with E-state index in [2.05, 4.69) is 18.4 Å². The summed E-state index contributed by atoms with van der Waals surface area (Å²) in [5.41, 5.74) is 4.86. The van der Waals surface area contributed by atoms with E-state index in [1.165, 1.54) is 77.0 Å². The highest BCUT2D eigenvalue weighted by molar-refractivity contribution is 7.46. The zero-order valence-electron chi connectivity index (χ0n) is 26.6. The minimum absolute atomic E-state index is 0.0593. The summed E-state index contributed by atoms with van der Waals surface area (Å²) < 4.78 is 24.2. The Balaban J connectivity index is 0. The van der Waals surface area contributed by atoms with E-state index in [-0.39, 0.29) is 25.2 Å². The fourth-order valence-electron chi connectivity index (χ4n) is 4.04. The van der Waals surface area contributed by atoms with Gasteiger partial charge >= 0.3 is 25.7 Å². The maximum atomic E-state index is 11.9. The molecule has 0 aliphatic heterocycles. The molecule has 0 heterocycles. The Bertz CT molecular complexity index is 733. The predicted octanol–water partition coefficient (Wildman–Crippen LogP) is 5.78. The van der Waals surface area contributed by atoms with Crippen molar-refractivity contribution in [2.45, 2.75) is 154 Å². The molecule has 0 aromatic rings. The number of rotatable bonds is 28. The Morgan fingerprint density at radius 1 is 0.674 bits per heavy atom. The second-order valence-electron chi connectivity index (χ2n) is 10.9. The van der Waals surface area contributed by atoms with E-state index in [1.807, 2.05) is 0 Å². The van der Waals surface area contributed by atoms with Crippen molar-refractivity contribution in [3.63, 3.8) is 0 Å². The van der Waals surface area contributed by atoms with Gasteiger partial charge in [0.25, 0.3) is 0 Å². The topological polar surface area (TPSA) is 203 Å². The van der Waals surface area contributed by atoms with Gasteiger partial charge in [0.15, 0.2) is 6.10 Å². The molecule has 0 radical (unpaired) electrons. The standard InChI is InChI=1S/C27H52O5.C3H8NO6P/c1-3-5-7-9-11-13-15-17-19-21-26(29)31-24-25(23-28)32-27(30)22-20-18-16-14-12-10-8-6-4-2;4-2(3(5)6)1-10-11(7,8)9/h25,28H,3-24H2,1-2H3;2H,1,4H2,(H,5,6)(H2,7,8,9). The van der Waals surface area contributed by atoms with Gasteiger partial charge in [-0.2, -0.15) is 0 Å². The van der Waals surface area contributed by atoms with Crippen LogP contribution in [0.4, 0.5) is 0 Å². The number of phosphoric ester groups is 1. The van der Waals surface area contributed by atoms with Crippen molar-refractivity contribution in [2.24, 2.45) is 5.73 Å². The molecule has 0 aliphatic carbocycles. The number of nitrogens with two attached hydrogens (primary N) is 1. The van der Waals surface area contributed by atoms with Gasteiger partial charge in [-0.05, 0) is 12.8 Å². The van der Waals surface area contributed by atoms with Crippen molar-refractivity contribution in [1.29, 1.82) is 0 Å². The molecule has 0 aromatic carbocycles. The molecule has 0 saturated heterocycles. The Morgan fingerprint density at radius 2 is 1.07 bits per heavy atom. The summed E-state index contributed by atoms with van der Waals surface area (Å²) in [5, 5.41) is 17.5. The Labute approximate surface area is 258 Å². The largest absolute Gasteiger partial charge is 0.480 e. The van der Waals surface area contributed by atoms with Crippen LogP contribution in [0.1, 0.15) is 142 Å². The van der Waals surface area contributed by atoms with E-state index in [1.54, 1.807) is 0 Å². The monoisotopic (exact) mass is 641 g/mol. The average Bonchev–Trinajstić information content (AvgIpc) is 2.96. The van der Waals surface area contributed by atoms with Gasteiger partial charge in [-0.3, -0.25) is 18.9 Å². The first-order chi connectivity index (χ1) is 20.5. The highest BCUT2D eigenvalue weighted by Crippen LogP contribution is 2.35. The Hall–Kier alpha value is -1.56. The summed E-state index contributed by atoms with van der Waals surface area (Å²) in [4.78, 5) is 49.9. The van der Waals surface area contributed by atoms with Crippen molar-refractivity contribution in [2.75, 3.05) is 19.8 Å². The van der Waals surface area contributed by atoms with Crippen LogP contribution in [0.15, 0.2) is 0 Å². The summed E-state index contributed by atoms with van der Waals surface area (Å²) in [5.74, 6) is -1.97. The van der Waals surface area contributed by atoms with Crippen LogP contribution in [0, 0.1) is 0 Å². The number of carboxylic acid groups (broad SMARTS) is 1. The molecule has 0 fully saturated rings. The number of carboxylic acids is 1. The molecule has 13 heteroatoms. The van der Waals surface area contributed by atoms with Crippen molar-refractivity contribution < 1.29 is 52.9 Å². The number of hydrogen-bond donors (Lipinski definition) is 5. The van der Waals surface area contributed by atoms with Gasteiger partial charge in [0.05, 0.1) is 13.2 Å². The van der Waals surface area contributed by atoms with E-state index in [0.29, 0.717) is 12.8 Å². The number of carbonyl (C=O) groups excluding carboxylic acids is 2. The van der Waals surface area contributed by atoms with Crippen molar-refractivity contribution in [3.05, 3.63) is 0 Å². The van der Waals surface area contributed by atoms with Crippen LogP contribution in [0.5, 0.6) is 0 Å². The van der Waals surface area contributed by atoms with Gasteiger partial charge in [0.2, 0.25) is 0 Å². The second-order valence-corrected chi connectivity index (χ2v) is 12.1. The highest BCUT2D eigenvalue weighted by atomic mass is 31.2. The summed E-state index contributed by atoms with van der Waals surface area (Å²) >= 11 is 0. The maximum Gasteiger partial charge on any atom is 0.469 e. The molecule has 0 rings (SSSR count). The molecule has 0 amide bonds. The molecule has 0 aromatic heterocycles. The summed E-state index contributed by atoms with van der Waals surface area (Å²) in [6.45, 7) is 3.36. The van der Waals surface area contributed by atoms with Crippen LogP contribution in [0.3, 0.4) is 0 Å². The van der Waals surface area contributed by atoms with E-state index in [0.717, 1.165) is 38.5 Å². The molecule has 6 N–H and O–H groups in total. The van der Waals surface area contributed by atoms with Gasteiger partial charge in [0.1, 0.15) is 12.6 Å². The number of esters is 2. The zero-order valence-corrected chi connectivity index (χ0v) is 27.5. The third-order valence-electron chi connectivity index (χ3n) is 6.64. The lowest BCUT2D eigenvalue weighted by Gasteiger charge is -2.15. The van der Waals surface area contributed by atoms with E-state index in [4.69, 9.17) is 30.1 Å². The van der Waals surface area contributed by atoms with E-state index >= 15 is 0 Å². The van der Waals surface area contributed by atoms with Gasteiger partial charge < -0.3 is 35.2 Å². The van der Waals surface area contributed by atoms with Crippen molar-refractivity contribution >= 4 is 25.7 Å². The van der Waals surface area contributed by atoms with Crippen molar-refractivity contribution in [3.8, 4) is 0 Å². The fourth-order valence-corrected chi connectivity index (χ4v) is 4.39. The number of ether oxygens (including phenoxy) is 2. The lowest BCUT2D eigenvalue weighted by Crippen LogP contribution is -2.34. The third-order valence-corrected chi connectivity index (χ3v) is 7.13. The lowest BCUT2D eigenvalue weighted by molar-refractivity contribution is -0.161. The molecule has 2 unspecified atom stereocenters.